The summed E-state index contributed by atoms with van der Waals surface area (Å²) in [6.07, 6.45) is 0. The van der Waals surface area contributed by atoms with Gasteiger partial charge >= 0.3 is 0 Å². The maximum absolute atomic E-state index is 15.7. The van der Waals surface area contributed by atoms with Crippen LogP contribution in [0.5, 0.6) is 0 Å². The predicted molar refractivity (Wildman–Crippen MR) is 321 cm³/mol. The lowest BCUT2D eigenvalue weighted by Gasteiger charge is -2.21. The van der Waals surface area contributed by atoms with E-state index in [0.29, 0.717) is 32.3 Å². The topological polar surface area (TPSA) is 64.4 Å². The van der Waals surface area contributed by atoms with Crippen LogP contribution >= 0.6 is 0 Å². The fourth-order valence-electron chi connectivity index (χ4n) is 12.8. The van der Waals surface area contributed by atoms with E-state index in [0.717, 1.165) is 115 Å². The Morgan fingerprint density at radius 3 is 0.653 bits per heavy atom. The van der Waals surface area contributed by atoms with Crippen molar-refractivity contribution in [2.45, 2.75) is 157 Å². The summed E-state index contributed by atoms with van der Waals surface area (Å²) in [6.45, 7) is 39.9. The molecular weight excluding hydrogens is 919 g/mol. The molecule has 0 aliphatic heterocycles. The number of pyridine rings is 3. The molecule has 0 bridgehead atoms. The monoisotopic (exact) mass is 988 g/mol. The van der Waals surface area contributed by atoms with Crippen LogP contribution in [0, 0.1) is 0 Å². The van der Waals surface area contributed by atoms with E-state index in [1.807, 2.05) is 0 Å². The van der Waals surface area contributed by atoms with Crippen LogP contribution in [-0.4, -0.2) is 13.2 Å². The normalized spacial score (nSPS) is 14.2. The minimum Gasteiger partial charge on any atom is -0.307 e. The number of rotatable bonds is 0. The molecule has 378 valence electrons. The highest BCUT2D eigenvalue weighted by Gasteiger charge is 2.34. The number of hydrogen-bond donors (Lipinski definition) is 0. The average molecular weight is 988 g/mol. The fourth-order valence-corrected chi connectivity index (χ4v) is 12.8. The van der Waals surface area contributed by atoms with Gasteiger partial charge in [-0.25, -0.2) is 0 Å². The first-order chi connectivity index (χ1) is 34.8. The maximum Gasteiger partial charge on any atom is 0.197 e. The van der Waals surface area contributed by atoms with Gasteiger partial charge in [0.1, 0.15) is 0 Å². The minimum absolute atomic E-state index is 0.0197. The van der Waals surface area contributed by atoms with Gasteiger partial charge in [0.2, 0.25) is 0 Å². The molecule has 6 aromatic heterocycles. The Labute approximate surface area is 437 Å². The van der Waals surface area contributed by atoms with Crippen molar-refractivity contribution in [3.8, 4) is 0 Å². The lowest BCUT2D eigenvalue weighted by Crippen LogP contribution is -2.15. The summed E-state index contributed by atoms with van der Waals surface area (Å²) in [6, 6.07) is 33.1. The van der Waals surface area contributed by atoms with Gasteiger partial charge in [0.25, 0.3) is 0 Å². The molecule has 0 aliphatic carbocycles. The van der Waals surface area contributed by atoms with E-state index in [2.05, 4.69) is 229 Å². The summed E-state index contributed by atoms with van der Waals surface area (Å²) in [5.74, 6) is 0. The summed E-state index contributed by atoms with van der Waals surface area (Å²) in [7, 11) is 0. The third-order valence-corrected chi connectivity index (χ3v) is 17.3. The molecule has 6 nitrogen and oxygen atoms in total. The third kappa shape index (κ3) is 6.29. The van der Waals surface area contributed by atoms with Crippen LogP contribution in [0.25, 0.3) is 114 Å². The van der Waals surface area contributed by atoms with E-state index in [1.54, 1.807) is 0 Å². The molecule has 0 saturated carbocycles. The highest BCUT2D eigenvalue weighted by molar-refractivity contribution is 6.43. The second kappa shape index (κ2) is 14.2. The number of nitrogens with zero attached hydrogens (tertiary/aromatic N) is 3. The fraction of sp³-hybridized carbons (Fsp3) is 0.348. The molecule has 75 heavy (non-hydrogen) atoms. The Morgan fingerprint density at radius 2 is 0.440 bits per heavy atom. The Balaban J connectivity index is 1.49. The first-order valence-electron chi connectivity index (χ1n) is 27.1. The van der Waals surface area contributed by atoms with Crippen molar-refractivity contribution in [3.05, 3.63) is 155 Å². The molecule has 0 spiro atoms. The van der Waals surface area contributed by atoms with Crippen molar-refractivity contribution in [2.24, 2.45) is 0 Å². The van der Waals surface area contributed by atoms with Crippen molar-refractivity contribution in [1.29, 1.82) is 0 Å². The Kier molecular flexibility index (Phi) is 9.05. The van der Waals surface area contributed by atoms with Crippen LogP contribution in [0.2, 0.25) is 0 Å². The van der Waals surface area contributed by atoms with Gasteiger partial charge in [-0.15, -0.1) is 0 Å². The molecule has 6 heterocycles. The second-order valence-electron chi connectivity index (χ2n) is 28.6. The Bertz CT molecular complexity index is 4390. The molecule has 7 aromatic carbocycles. The van der Waals surface area contributed by atoms with Gasteiger partial charge in [-0.05, 0) is 139 Å². The van der Waals surface area contributed by atoms with E-state index >= 15 is 14.4 Å². The quantitative estimate of drug-likeness (QED) is 0.142. The number of aromatic nitrogens is 3. The van der Waals surface area contributed by atoms with E-state index in [9.17, 15) is 0 Å². The summed E-state index contributed by atoms with van der Waals surface area (Å²) in [5, 5.41) is 10.1. The second-order valence-corrected chi connectivity index (χ2v) is 28.6. The first-order valence-corrected chi connectivity index (χ1v) is 27.1. The Hall–Kier alpha value is -7.05. The summed E-state index contributed by atoms with van der Waals surface area (Å²) in [4.78, 5) is 47.0. The maximum atomic E-state index is 15.7. The molecule has 13 rings (SSSR count). The van der Waals surface area contributed by atoms with Gasteiger partial charge in [-0.2, -0.15) is 0 Å². The molecule has 0 amide bonds. The van der Waals surface area contributed by atoms with Gasteiger partial charge in [0, 0.05) is 64.6 Å². The average Bonchev–Trinajstić information content (AvgIpc) is 4.14. The predicted octanol–water partition coefficient (Wildman–Crippen LogP) is 17.0. The summed E-state index contributed by atoms with van der Waals surface area (Å²) >= 11 is 0. The summed E-state index contributed by atoms with van der Waals surface area (Å²) in [5.41, 5.74) is 13.1. The molecule has 0 unspecified atom stereocenters. The molecule has 0 aliphatic rings. The minimum atomic E-state index is -0.313. The van der Waals surface area contributed by atoms with Crippen LogP contribution in [0.15, 0.2) is 105 Å². The van der Waals surface area contributed by atoms with Crippen LogP contribution < -0.4 is 16.3 Å². The molecule has 0 atom stereocenters. The van der Waals surface area contributed by atoms with Crippen LogP contribution in [-0.2, 0) is 32.5 Å². The SMILES string of the molecule is CC(C)(C)c1ccc2c(c1)c(=O)c1cc(C(C)(C)C)cc3c4c(c5c6cc(C(C)(C)C)cc7c(=O)c8cc(C(C)(C)C)ccc8n(c76)c5c5c6cc(C(C)(C)C)cc7c(=O)c8cc(C(C)(C)C)ccc8n(c76)c45)n2c13. The van der Waals surface area contributed by atoms with E-state index in [4.69, 9.17) is 0 Å². The molecular formula is C69H69N3O3. The van der Waals surface area contributed by atoms with Crippen molar-refractivity contribution < 1.29 is 0 Å². The zero-order valence-corrected chi connectivity index (χ0v) is 47.2. The molecule has 6 heteroatoms. The van der Waals surface area contributed by atoms with Crippen molar-refractivity contribution >= 4 is 114 Å². The first kappa shape index (κ1) is 47.6. The van der Waals surface area contributed by atoms with E-state index < -0.39 is 0 Å². The molecule has 0 N–H and O–H groups in total. The number of benzene rings is 7. The standard InChI is InChI=1S/C69H69N3O3/c1-64(2,3)34-19-22-49-40(25-34)61(73)46-31-37(67(10,11)12)28-43-52-58(70(49)55(43)46)53-44-29-38(68(13,14)15)32-47-56(44)71(50-23-20-35(65(4,5)6)26-41(50)62(47)74)60(53)54-45-30-39(69(16,17)18)33-48-57(45)72(59(52)54)51-24-21-36(66(7,8)9)27-42(51)63(48)75/h19-33H,1-18H3. The highest BCUT2D eigenvalue weighted by atomic mass is 16.1. The smallest absolute Gasteiger partial charge is 0.197 e. The van der Waals surface area contributed by atoms with Gasteiger partial charge in [-0.3, -0.25) is 14.4 Å². The van der Waals surface area contributed by atoms with Gasteiger partial charge in [0.05, 0.1) is 49.7 Å². The molecule has 13 aromatic rings. The Morgan fingerprint density at radius 1 is 0.240 bits per heavy atom. The number of fused-ring (bicyclic) bond motifs is 18. The zero-order valence-electron chi connectivity index (χ0n) is 47.2. The summed E-state index contributed by atoms with van der Waals surface area (Å²) < 4.78 is 7.24. The molecule has 0 fully saturated rings. The van der Waals surface area contributed by atoms with Gasteiger partial charge in [-0.1, -0.05) is 143 Å². The zero-order chi connectivity index (χ0) is 53.7. The lowest BCUT2D eigenvalue weighted by molar-refractivity contribution is 0.590. The molecule has 0 radical (unpaired) electrons. The number of hydrogen-bond acceptors (Lipinski definition) is 3. The van der Waals surface area contributed by atoms with Crippen LogP contribution in [0.4, 0.5) is 0 Å². The third-order valence-electron chi connectivity index (χ3n) is 17.3. The van der Waals surface area contributed by atoms with Crippen LogP contribution in [0.3, 0.4) is 0 Å². The van der Waals surface area contributed by atoms with Gasteiger partial charge in [0.15, 0.2) is 16.3 Å². The van der Waals surface area contributed by atoms with Crippen molar-refractivity contribution in [2.75, 3.05) is 0 Å². The van der Waals surface area contributed by atoms with Gasteiger partial charge < -0.3 is 13.2 Å². The van der Waals surface area contributed by atoms with E-state index in [1.165, 1.54) is 0 Å². The van der Waals surface area contributed by atoms with Crippen molar-refractivity contribution in [3.63, 3.8) is 0 Å². The van der Waals surface area contributed by atoms with E-state index in [-0.39, 0.29) is 48.8 Å². The highest BCUT2D eigenvalue weighted by Crippen LogP contribution is 2.52. The van der Waals surface area contributed by atoms with Crippen LogP contribution in [0.1, 0.15) is 158 Å². The van der Waals surface area contributed by atoms with Crippen molar-refractivity contribution in [1.82, 2.24) is 13.2 Å². The molecule has 0 saturated heterocycles. The largest absolute Gasteiger partial charge is 0.307 e. The lowest BCUT2D eigenvalue weighted by atomic mass is 9.84.